The lowest BCUT2D eigenvalue weighted by molar-refractivity contribution is -0.117. The molecule has 0 heterocycles. The number of carbonyl (C=O) groups is 1. The van der Waals surface area contributed by atoms with Gasteiger partial charge in [0.25, 0.3) is 5.91 Å². The number of hydrogen-bond donors (Lipinski definition) is 1. The zero-order chi connectivity index (χ0) is 21.9. The molecule has 0 radical (unpaired) electrons. The highest BCUT2D eigenvalue weighted by molar-refractivity contribution is 9.10. The summed E-state index contributed by atoms with van der Waals surface area (Å²) in [6, 6.07) is 27.4. The normalized spacial score (nSPS) is 10.9. The predicted molar refractivity (Wildman–Crippen MR) is 126 cm³/mol. The second kappa shape index (κ2) is 11.7. The van der Waals surface area contributed by atoms with Crippen LogP contribution in [0.2, 0.25) is 0 Å². The van der Waals surface area contributed by atoms with Gasteiger partial charge in [-0.25, -0.2) is 0 Å². The van der Waals surface area contributed by atoms with Crippen molar-refractivity contribution in [1.29, 1.82) is 5.26 Å². The molecule has 3 aromatic rings. The maximum Gasteiger partial charge on any atom is 0.261 e. The van der Waals surface area contributed by atoms with Crippen LogP contribution in [0.4, 0.5) is 0 Å². The molecule has 5 heteroatoms. The SMILES string of the molecule is N#C/C(=C/c1ccc(OCc2ccc(Br)cc2)cc1)C(=O)NCCCc1ccccc1. The highest BCUT2D eigenvalue weighted by Gasteiger charge is 2.08. The van der Waals surface area contributed by atoms with E-state index in [1.165, 1.54) is 5.56 Å². The third-order valence-corrected chi connectivity index (χ3v) is 5.17. The molecule has 0 aliphatic carbocycles. The Morgan fingerprint density at radius 1 is 0.968 bits per heavy atom. The van der Waals surface area contributed by atoms with Crippen molar-refractivity contribution in [2.75, 3.05) is 6.54 Å². The Bertz CT molecular complexity index is 1050. The van der Waals surface area contributed by atoms with Crippen molar-refractivity contribution in [3.63, 3.8) is 0 Å². The fourth-order valence-electron chi connectivity index (χ4n) is 2.96. The van der Waals surface area contributed by atoms with Gasteiger partial charge in [-0.05, 0) is 59.9 Å². The molecule has 0 aliphatic rings. The molecule has 0 saturated heterocycles. The number of carbonyl (C=O) groups excluding carboxylic acids is 1. The van der Waals surface area contributed by atoms with Crippen LogP contribution in [-0.4, -0.2) is 12.5 Å². The molecule has 156 valence electrons. The molecule has 3 rings (SSSR count). The van der Waals surface area contributed by atoms with Crippen molar-refractivity contribution in [2.24, 2.45) is 0 Å². The largest absolute Gasteiger partial charge is 0.489 e. The van der Waals surface area contributed by atoms with Crippen LogP contribution in [0.5, 0.6) is 5.75 Å². The first kappa shape index (κ1) is 22.3. The monoisotopic (exact) mass is 474 g/mol. The Labute approximate surface area is 191 Å². The number of ether oxygens (including phenoxy) is 1. The van der Waals surface area contributed by atoms with Gasteiger partial charge in [0, 0.05) is 11.0 Å². The number of nitriles is 1. The highest BCUT2D eigenvalue weighted by Crippen LogP contribution is 2.17. The summed E-state index contributed by atoms with van der Waals surface area (Å²) in [4.78, 5) is 12.3. The molecular weight excluding hydrogens is 452 g/mol. The number of amides is 1. The molecule has 0 aliphatic heterocycles. The van der Waals surface area contributed by atoms with Crippen molar-refractivity contribution in [3.8, 4) is 11.8 Å². The van der Waals surface area contributed by atoms with Gasteiger partial charge < -0.3 is 10.1 Å². The maximum absolute atomic E-state index is 12.3. The van der Waals surface area contributed by atoms with Crippen LogP contribution in [0.1, 0.15) is 23.1 Å². The fraction of sp³-hybridized carbons (Fsp3) is 0.154. The summed E-state index contributed by atoms with van der Waals surface area (Å²) in [6.07, 6.45) is 3.29. The number of aryl methyl sites for hydroxylation is 1. The summed E-state index contributed by atoms with van der Waals surface area (Å²) in [5, 5.41) is 12.2. The van der Waals surface area contributed by atoms with Crippen LogP contribution < -0.4 is 10.1 Å². The van der Waals surface area contributed by atoms with Gasteiger partial charge in [-0.2, -0.15) is 5.26 Å². The van der Waals surface area contributed by atoms with Gasteiger partial charge >= 0.3 is 0 Å². The molecule has 4 nitrogen and oxygen atoms in total. The standard InChI is InChI=1S/C26H23BrN2O2/c27-24-12-8-22(9-13-24)19-31-25-14-10-21(11-15-25)17-23(18-28)26(30)29-16-4-7-20-5-2-1-3-6-20/h1-3,5-6,8-15,17H,4,7,16,19H2,(H,29,30)/b23-17-. The number of benzene rings is 3. The Morgan fingerprint density at radius 3 is 2.35 bits per heavy atom. The molecule has 1 N–H and O–H groups in total. The van der Waals surface area contributed by atoms with E-state index in [-0.39, 0.29) is 11.5 Å². The maximum atomic E-state index is 12.3. The lowest BCUT2D eigenvalue weighted by Gasteiger charge is -2.07. The van der Waals surface area contributed by atoms with Crippen LogP contribution in [0.25, 0.3) is 6.08 Å². The van der Waals surface area contributed by atoms with Crippen LogP contribution in [0.15, 0.2) is 88.9 Å². The number of rotatable bonds is 9. The summed E-state index contributed by atoms with van der Waals surface area (Å²) in [7, 11) is 0. The number of nitrogens with zero attached hydrogens (tertiary/aromatic N) is 1. The third kappa shape index (κ3) is 7.44. The van der Waals surface area contributed by atoms with Crippen molar-refractivity contribution >= 4 is 27.9 Å². The molecule has 0 fully saturated rings. The van der Waals surface area contributed by atoms with E-state index in [0.717, 1.165) is 34.2 Å². The summed E-state index contributed by atoms with van der Waals surface area (Å²) in [5.41, 5.74) is 3.16. The molecule has 0 bridgehead atoms. The van der Waals surface area contributed by atoms with Crippen molar-refractivity contribution in [3.05, 3.63) is 106 Å². The topological polar surface area (TPSA) is 62.1 Å². The summed E-state index contributed by atoms with van der Waals surface area (Å²) in [5.74, 6) is 0.370. The quantitative estimate of drug-likeness (QED) is 0.246. The van der Waals surface area contributed by atoms with Gasteiger partial charge in [0.15, 0.2) is 0 Å². The molecule has 0 spiro atoms. The van der Waals surface area contributed by atoms with Crippen molar-refractivity contribution in [1.82, 2.24) is 5.32 Å². The molecule has 0 unspecified atom stereocenters. The highest BCUT2D eigenvalue weighted by atomic mass is 79.9. The van der Waals surface area contributed by atoms with Gasteiger partial charge in [0.2, 0.25) is 0 Å². The first-order chi connectivity index (χ1) is 15.1. The van der Waals surface area contributed by atoms with Gasteiger partial charge in [-0.3, -0.25) is 4.79 Å². The molecule has 0 saturated carbocycles. The average Bonchev–Trinajstić information content (AvgIpc) is 2.81. The Hall–Kier alpha value is -3.36. The van der Waals surface area contributed by atoms with Gasteiger partial charge in [-0.1, -0.05) is 70.5 Å². The fourth-order valence-corrected chi connectivity index (χ4v) is 3.22. The summed E-state index contributed by atoms with van der Waals surface area (Å²) in [6.45, 7) is 0.993. The van der Waals surface area contributed by atoms with E-state index in [9.17, 15) is 10.1 Å². The number of halogens is 1. The van der Waals surface area contributed by atoms with Gasteiger partial charge in [0.1, 0.15) is 24.0 Å². The smallest absolute Gasteiger partial charge is 0.261 e. The zero-order valence-corrected chi connectivity index (χ0v) is 18.6. The third-order valence-electron chi connectivity index (χ3n) is 4.65. The first-order valence-electron chi connectivity index (χ1n) is 10.1. The van der Waals surface area contributed by atoms with E-state index in [1.54, 1.807) is 6.08 Å². The lowest BCUT2D eigenvalue weighted by Crippen LogP contribution is -2.25. The van der Waals surface area contributed by atoms with Gasteiger partial charge in [-0.15, -0.1) is 0 Å². The molecular formula is C26H23BrN2O2. The summed E-state index contributed by atoms with van der Waals surface area (Å²) >= 11 is 3.41. The van der Waals surface area contributed by atoms with Crippen LogP contribution >= 0.6 is 15.9 Å². The van der Waals surface area contributed by atoms with Gasteiger partial charge in [0.05, 0.1) is 0 Å². The Morgan fingerprint density at radius 2 is 1.68 bits per heavy atom. The van der Waals surface area contributed by atoms with Crippen LogP contribution in [0.3, 0.4) is 0 Å². The van der Waals surface area contributed by atoms with E-state index in [0.29, 0.717) is 13.2 Å². The minimum Gasteiger partial charge on any atom is -0.489 e. The average molecular weight is 475 g/mol. The second-order valence-electron chi connectivity index (χ2n) is 7.00. The van der Waals surface area contributed by atoms with Crippen LogP contribution in [-0.2, 0) is 17.8 Å². The van der Waals surface area contributed by atoms with Crippen LogP contribution in [0, 0.1) is 11.3 Å². The lowest BCUT2D eigenvalue weighted by atomic mass is 10.1. The number of hydrogen-bond acceptors (Lipinski definition) is 3. The Kier molecular flexibility index (Phi) is 8.45. The molecule has 0 aromatic heterocycles. The van der Waals surface area contributed by atoms with E-state index >= 15 is 0 Å². The molecule has 31 heavy (non-hydrogen) atoms. The predicted octanol–water partition coefficient (Wildman–Crippen LogP) is 5.68. The second-order valence-corrected chi connectivity index (χ2v) is 7.91. The van der Waals surface area contributed by atoms with E-state index < -0.39 is 0 Å². The van der Waals surface area contributed by atoms with E-state index in [2.05, 4.69) is 33.4 Å². The van der Waals surface area contributed by atoms with E-state index in [4.69, 9.17) is 4.74 Å². The molecule has 3 aromatic carbocycles. The zero-order valence-electron chi connectivity index (χ0n) is 17.1. The minimum absolute atomic E-state index is 0.0863. The number of nitrogens with one attached hydrogen (secondary N) is 1. The molecule has 0 atom stereocenters. The van der Waals surface area contributed by atoms with E-state index in [1.807, 2.05) is 72.8 Å². The first-order valence-corrected chi connectivity index (χ1v) is 10.8. The summed E-state index contributed by atoms with van der Waals surface area (Å²) < 4.78 is 6.82. The molecule has 1 amide bonds. The minimum atomic E-state index is -0.355. The Balaban J connectivity index is 1.49. The van der Waals surface area contributed by atoms with Crippen molar-refractivity contribution in [2.45, 2.75) is 19.4 Å². The van der Waals surface area contributed by atoms with Crippen molar-refractivity contribution < 1.29 is 9.53 Å².